The van der Waals surface area contributed by atoms with Crippen molar-refractivity contribution in [1.82, 2.24) is 4.90 Å². The van der Waals surface area contributed by atoms with Crippen molar-refractivity contribution < 1.29 is 24.2 Å². The molecule has 2 atom stereocenters. The molecule has 7 nitrogen and oxygen atoms in total. The molecule has 1 aromatic rings. The van der Waals surface area contributed by atoms with Gasteiger partial charge in [-0.2, -0.15) is 0 Å². The summed E-state index contributed by atoms with van der Waals surface area (Å²) in [5, 5.41) is 12.3. The van der Waals surface area contributed by atoms with E-state index in [1.165, 1.54) is 6.07 Å². The zero-order chi connectivity index (χ0) is 19.4. The molecule has 1 heterocycles. The number of aliphatic carboxylic acids is 1. The third-order valence-electron chi connectivity index (χ3n) is 4.85. The molecule has 1 fully saturated rings. The predicted molar refractivity (Wildman–Crippen MR) is 99.8 cm³/mol. The first kappa shape index (κ1) is 19.4. The smallest absolute Gasteiger partial charge is 0.307 e. The number of allylic oxidation sites excluding steroid dienone is 2. The highest BCUT2D eigenvalue weighted by molar-refractivity contribution is 6.34. The van der Waals surface area contributed by atoms with Crippen LogP contribution in [0.25, 0.3) is 0 Å². The van der Waals surface area contributed by atoms with Gasteiger partial charge >= 0.3 is 5.97 Å². The molecule has 2 N–H and O–H groups in total. The van der Waals surface area contributed by atoms with Crippen LogP contribution in [0, 0.1) is 11.8 Å². The van der Waals surface area contributed by atoms with Crippen molar-refractivity contribution in [2.45, 2.75) is 12.8 Å². The summed E-state index contributed by atoms with van der Waals surface area (Å²) < 4.78 is 5.24. The van der Waals surface area contributed by atoms with Crippen LogP contribution in [-0.2, 0) is 14.3 Å². The van der Waals surface area contributed by atoms with Crippen LogP contribution in [0.5, 0.6) is 0 Å². The van der Waals surface area contributed by atoms with Crippen molar-refractivity contribution in [2.24, 2.45) is 11.8 Å². The van der Waals surface area contributed by atoms with E-state index in [0.717, 1.165) is 0 Å². The van der Waals surface area contributed by atoms with E-state index >= 15 is 0 Å². The lowest BCUT2D eigenvalue weighted by Crippen LogP contribution is -2.40. The standard InChI is InChI=1S/C19H21ClN2O5/c20-16-11-12(5-6-15(16)18(24)22-7-9-27-10-8-22)21-17(23)13-3-1-2-4-14(13)19(25)26/h1-2,5-6,11,13-14H,3-4,7-10H2,(H,21,23)(H,25,26)/t13-,14-/m0/s1. The highest BCUT2D eigenvalue weighted by Crippen LogP contribution is 2.28. The first-order valence-corrected chi connectivity index (χ1v) is 9.20. The molecule has 2 aliphatic rings. The van der Waals surface area contributed by atoms with Gasteiger partial charge in [0.05, 0.1) is 35.6 Å². The first-order valence-electron chi connectivity index (χ1n) is 8.82. The zero-order valence-corrected chi connectivity index (χ0v) is 15.4. The maximum atomic E-state index is 12.5. The number of rotatable bonds is 4. The summed E-state index contributed by atoms with van der Waals surface area (Å²) in [5.41, 5.74) is 0.794. The number of carbonyl (C=O) groups is 3. The molecule has 0 radical (unpaired) electrons. The quantitative estimate of drug-likeness (QED) is 0.767. The molecule has 0 saturated carbocycles. The van der Waals surface area contributed by atoms with Crippen molar-refractivity contribution in [1.29, 1.82) is 0 Å². The number of carbonyl (C=O) groups excluding carboxylic acids is 2. The number of carboxylic acid groups (broad SMARTS) is 1. The van der Waals surface area contributed by atoms with Gasteiger partial charge in [0.1, 0.15) is 0 Å². The van der Waals surface area contributed by atoms with Gasteiger partial charge in [-0.3, -0.25) is 14.4 Å². The van der Waals surface area contributed by atoms with Crippen LogP contribution in [-0.4, -0.2) is 54.1 Å². The van der Waals surface area contributed by atoms with E-state index < -0.39 is 17.8 Å². The lowest BCUT2D eigenvalue weighted by Gasteiger charge is -2.27. The number of nitrogens with zero attached hydrogens (tertiary/aromatic N) is 1. The van der Waals surface area contributed by atoms with E-state index in [1.807, 2.05) is 6.08 Å². The summed E-state index contributed by atoms with van der Waals surface area (Å²) in [6.45, 7) is 2.02. The van der Waals surface area contributed by atoms with Crippen LogP contribution in [0.3, 0.4) is 0 Å². The van der Waals surface area contributed by atoms with Crippen molar-refractivity contribution in [3.05, 3.63) is 40.9 Å². The first-order chi connectivity index (χ1) is 13.0. The second-order valence-corrected chi connectivity index (χ2v) is 6.99. The molecule has 27 heavy (non-hydrogen) atoms. The summed E-state index contributed by atoms with van der Waals surface area (Å²) >= 11 is 6.26. The number of carboxylic acids is 1. The number of nitrogens with one attached hydrogen (secondary N) is 1. The lowest BCUT2D eigenvalue weighted by atomic mass is 9.82. The fraction of sp³-hybridized carbons (Fsp3) is 0.421. The molecule has 1 saturated heterocycles. The van der Waals surface area contributed by atoms with Gasteiger partial charge in [-0.05, 0) is 31.0 Å². The second kappa shape index (κ2) is 8.54. The Balaban J connectivity index is 1.70. The van der Waals surface area contributed by atoms with Crippen LogP contribution >= 0.6 is 11.6 Å². The Kier molecular flexibility index (Phi) is 6.13. The fourth-order valence-electron chi connectivity index (χ4n) is 3.31. The van der Waals surface area contributed by atoms with Crippen LogP contribution in [0.4, 0.5) is 5.69 Å². The minimum absolute atomic E-state index is 0.176. The Morgan fingerprint density at radius 3 is 2.41 bits per heavy atom. The predicted octanol–water partition coefficient (Wildman–Crippen LogP) is 2.42. The minimum Gasteiger partial charge on any atom is -0.481 e. The summed E-state index contributed by atoms with van der Waals surface area (Å²) in [5.74, 6) is -2.91. The molecule has 3 rings (SSSR count). The molecule has 0 bridgehead atoms. The molecule has 0 spiro atoms. The van der Waals surface area contributed by atoms with E-state index in [2.05, 4.69) is 5.32 Å². The van der Waals surface area contributed by atoms with Gasteiger partial charge in [-0.1, -0.05) is 23.8 Å². The molecular formula is C19H21ClN2O5. The number of hydrogen-bond acceptors (Lipinski definition) is 4. The number of amides is 2. The Morgan fingerprint density at radius 2 is 1.78 bits per heavy atom. The molecule has 1 aliphatic heterocycles. The molecule has 2 amide bonds. The van der Waals surface area contributed by atoms with Gasteiger partial charge in [-0.15, -0.1) is 0 Å². The molecule has 0 aromatic heterocycles. The average molecular weight is 393 g/mol. The molecule has 8 heteroatoms. The van der Waals surface area contributed by atoms with Gasteiger partial charge in [0.25, 0.3) is 5.91 Å². The van der Waals surface area contributed by atoms with E-state index in [9.17, 15) is 19.5 Å². The summed E-state index contributed by atoms with van der Waals surface area (Å²) in [6, 6.07) is 4.69. The van der Waals surface area contributed by atoms with E-state index in [0.29, 0.717) is 50.4 Å². The van der Waals surface area contributed by atoms with Crippen LogP contribution in [0.2, 0.25) is 5.02 Å². The Morgan fingerprint density at radius 1 is 1.11 bits per heavy atom. The van der Waals surface area contributed by atoms with Gasteiger partial charge in [-0.25, -0.2) is 0 Å². The average Bonchev–Trinajstić information content (AvgIpc) is 2.68. The molecular weight excluding hydrogens is 372 g/mol. The minimum atomic E-state index is -0.982. The van der Waals surface area contributed by atoms with Crippen LogP contribution in [0.15, 0.2) is 30.4 Å². The van der Waals surface area contributed by atoms with Gasteiger partial charge in [0.2, 0.25) is 5.91 Å². The third kappa shape index (κ3) is 4.48. The third-order valence-corrected chi connectivity index (χ3v) is 5.16. The Hall–Kier alpha value is -2.38. The van der Waals surface area contributed by atoms with Crippen molar-refractivity contribution in [2.75, 3.05) is 31.6 Å². The van der Waals surface area contributed by atoms with E-state index in [1.54, 1.807) is 23.1 Å². The fourth-order valence-corrected chi connectivity index (χ4v) is 3.58. The second-order valence-electron chi connectivity index (χ2n) is 6.58. The Labute approximate surface area is 161 Å². The normalized spacial score (nSPS) is 22.3. The topological polar surface area (TPSA) is 95.9 Å². The summed E-state index contributed by atoms with van der Waals surface area (Å²) in [6.07, 6.45) is 4.32. The number of benzene rings is 1. The largest absolute Gasteiger partial charge is 0.481 e. The van der Waals surface area contributed by atoms with Gasteiger partial charge in [0, 0.05) is 18.8 Å². The Bertz CT molecular complexity index is 773. The number of morpholine rings is 1. The highest BCUT2D eigenvalue weighted by Gasteiger charge is 2.34. The van der Waals surface area contributed by atoms with Crippen molar-refractivity contribution in [3.8, 4) is 0 Å². The molecule has 1 aromatic carbocycles. The van der Waals surface area contributed by atoms with Crippen molar-refractivity contribution >= 4 is 35.1 Å². The maximum Gasteiger partial charge on any atom is 0.307 e. The number of ether oxygens (including phenoxy) is 1. The molecule has 1 aliphatic carbocycles. The van der Waals surface area contributed by atoms with Crippen molar-refractivity contribution in [3.63, 3.8) is 0 Å². The summed E-state index contributed by atoms with van der Waals surface area (Å²) in [4.78, 5) is 38.1. The molecule has 0 unspecified atom stereocenters. The number of halogens is 1. The van der Waals surface area contributed by atoms with Gasteiger partial charge in [0.15, 0.2) is 0 Å². The highest BCUT2D eigenvalue weighted by atomic mass is 35.5. The SMILES string of the molecule is O=C(O)[C@H]1CC=CC[C@@H]1C(=O)Nc1ccc(C(=O)N2CCOCC2)c(Cl)c1. The maximum absolute atomic E-state index is 12.5. The van der Waals surface area contributed by atoms with Crippen LogP contribution < -0.4 is 5.32 Å². The monoisotopic (exact) mass is 392 g/mol. The van der Waals surface area contributed by atoms with E-state index in [4.69, 9.17) is 16.3 Å². The number of hydrogen-bond donors (Lipinski definition) is 2. The lowest BCUT2D eigenvalue weighted by molar-refractivity contribution is -0.146. The zero-order valence-electron chi connectivity index (χ0n) is 14.7. The van der Waals surface area contributed by atoms with Crippen LogP contribution in [0.1, 0.15) is 23.2 Å². The summed E-state index contributed by atoms with van der Waals surface area (Å²) in [7, 11) is 0. The van der Waals surface area contributed by atoms with Gasteiger partial charge < -0.3 is 20.1 Å². The number of anilines is 1. The molecule has 144 valence electrons. The van der Waals surface area contributed by atoms with E-state index in [-0.39, 0.29) is 16.8 Å².